The van der Waals surface area contributed by atoms with Crippen molar-refractivity contribution >= 4 is 9.84 Å². The van der Waals surface area contributed by atoms with Gasteiger partial charge >= 0.3 is 0 Å². The van der Waals surface area contributed by atoms with Crippen molar-refractivity contribution < 1.29 is 8.42 Å². The molecule has 0 aromatic carbocycles. The van der Waals surface area contributed by atoms with Gasteiger partial charge in [-0.15, -0.1) is 0 Å². The second-order valence-electron chi connectivity index (χ2n) is 5.86. The molecule has 0 aromatic rings. The Morgan fingerprint density at radius 1 is 1.31 bits per heavy atom. The van der Waals surface area contributed by atoms with Gasteiger partial charge in [0.2, 0.25) is 0 Å². The molecule has 1 aliphatic heterocycles. The molecule has 0 unspecified atom stereocenters. The van der Waals surface area contributed by atoms with Gasteiger partial charge in [-0.2, -0.15) is 0 Å². The lowest BCUT2D eigenvalue weighted by Gasteiger charge is -2.47. The number of likely N-dealkylation sites (tertiary alicyclic amines) is 1. The summed E-state index contributed by atoms with van der Waals surface area (Å²) >= 11 is 0. The van der Waals surface area contributed by atoms with Crippen LogP contribution in [0.5, 0.6) is 0 Å². The highest BCUT2D eigenvalue weighted by molar-refractivity contribution is 7.92. The van der Waals surface area contributed by atoms with Crippen LogP contribution in [0.4, 0.5) is 0 Å². The van der Waals surface area contributed by atoms with Crippen molar-refractivity contribution in [3.63, 3.8) is 0 Å². The van der Waals surface area contributed by atoms with E-state index in [-0.39, 0.29) is 11.3 Å². The van der Waals surface area contributed by atoms with Gasteiger partial charge in [-0.1, -0.05) is 6.92 Å². The van der Waals surface area contributed by atoms with Gasteiger partial charge in [-0.25, -0.2) is 8.42 Å². The zero-order valence-electron chi connectivity index (χ0n) is 10.8. The minimum atomic E-state index is -3.00. The second-order valence-corrected chi connectivity index (χ2v) is 8.72. The summed E-state index contributed by atoms with van der Waals surface area (Å²) in [6.45, 7) is 9.57. The first-order valence-corrected chi connectivity index (χ1v) is 7.48. The minimum absolute atomic E-state index is 0.0779. The molecule has 0 saturated carbocycles. The van der Waals surface area contributed by atoms with Crippen LogP contribution in [0.3, 0.4) is 0 Å². The molecule has 0 atom stereocenters. The molecule has 2 N–H and O–H groups in total. The van der Waals surface area contributed by atoms with Crippen LogP contribution >= 0.6 is 0 Å². The van der Waals surface area contributed by atoms with Crippen LogP contribution in [-0.2, 0) is 9.84 Å². The molecular formula is C11H24N2O2S. The molecule has 16 heavy (non-hydrogen) atoms. The number of hydrogen-bond acceptors (Lipinski definition) is 4. The lowest BCUT2D eigenvalue weighted by molar-refractivity contribution is 0.0745. The highest BCUT2D eigenvalue weighted by Gasteiger charge is 2.38. The summed E-state index contributed by atoms with van der Waals surface area (Å²) in [4.78, 5) is 2.12. The monoisotopic (exact) mass is 248 g/mol. The maximum Gasteiger partial charge on any atom is 0.156 e. The molecule has 1 rings (SSSR count). The topological polar surface area (TPSA) is 63.4 Å². The van der Waals surface area contributed by atoms with Crippen molar-refractivity contribution in [2.24, 2.45) is 5.73 Å². The van der Waals surface area contributed by atoms with Gasteiger partial charge < -0.3 is 5.73 Å². The number of hydrogen-bond donors (Lipinski definition) is 1. The van der Waals surface area contributed by atoms with Crippen LogP contribution in [0, 0.1) is 0 Å². The molecule has 0 bridgehead atoms. The third-order valence-electron chi connectivity index (χ3n) is 3.39. The molecule has 1 saturated heterocycles. The van der Waals surface area contributed by atoms with Gasteiger partial charge in [0, 0.05) is 25.2 Å². The van der Waals surface area contributed by atoms with Crippen molar-refractivity contribution in [1.29, 1.82) is 0 Å². The number of sulfone groups is 1. The molecule has 96 valence electrons. The van der Waals surface area contributed by atoms with Crippen LogP contribution in [0.25, 0.3) is 0 Å². The van der Waals surface area contributed by atoms with Crippen LogP contribution in [0.1, 0.15) is 34.1 Å². The third kappa shape index (κ3) is 2.96. The Labute approximate surface area is 99.1 Å². The van der Waals surface area contributed by atoms with Crippen LogP contribution in [-0.4, -0.2) is 49.0 Å². The van der Waals surface area contributed by atoms with Crippen molar-refractivity contribution in [1.82, 2.24) is 4.90 Å². The van der Waals surface area contributed by atoms with Gasteiger partial charge in [0.25, 0.3) is 0 Å². The van der Waals surface area contributed by atoms with Crippen molar-refractivity contribution in [3.8, 4) is 0 Å². The summed E-state index contributed by atoms with van der Waals surface area (Å²) < 4.78 is 23.1. The maximum atomic E-state index is 11.9. The van der Waals surface area contributed by atoms with E-state index in [2.05, 4.69) is 11.8 Å². The van der Waals surface area contributed by atoms with E-state index < -0.39 is 14.6 Å². The average Bonchev–Trinajstić information content (AvgIpc) is 2.08. The summed E-state index contributed by atoms with van der Waals surface area (Å²) in [6.07, 6.45) is 0.954. The van der Waals surface area contributed by atoms with E-state index in [1.165, 1.54) is 0 Å². The molecule has 4 nitrogen and oxygen atoms in total. The van der Waals surface area contributed by atoms with E-state index in [0.717, 1.165) is 19.5 Å². The van der Waals surface area contributed by atoms with Gasteiger partial charge in [0.05, 0.1) is 10.5 Å². The number of rotatable bonds is 4. The Hall–Kier alpha value is -0.130. The van der Waals surface area contributed by atoms with E-state index in [0.29, 0.717) is 6.54 Å². The number of nitrogens with two attached hydrogens (primary N) is 1. The Morgan fingerprint density at radius 3 is 2.19 bits per heavy atom. The third-order valence-corrected chi connectivity index (χ3v) is 5.98. The summed E-state index contributed by atoms with van der Waals surface area (Å²) in [7, 11) is -3.00. The van der Waals surface area contributed by atoms with Gasteiger partial charge in [0.1, 0.15) is 0 Å². The zero-order chi connectivity index (χ0) is 12.6. The maximum absolute atomic E-state index is 11.9. The van der Waals surface area contributed by atoms with E-state index in [9.17, 15) is 8.42 Å². The van der Waals surface area contributed by atoms with Crippen LogP contribution < -0.4 is 5.73 Å². The molecule has 0 aliphatic carbocycles. The predicted molar refractivity (Wildman–Crippen MR) is 67.2 cm³/mol. The summed E-state index contributed by atoms with van der Waals surface area (Å²) in [5.74, 6) is 0.232. The first-order valence-electron chi connectivity index (χ1n) is 5.83. The van der Waals surface area contributed by atoms with E-state index >= 15 is 0 Å². The first-order chi connectivity index (χ1) is 7.10. The van der Waals surface area contributed by atoms with Crippen LogP contribution in [0.2, 0.25) is 0 Å². The highest BCUT2D eigenvalue weighted by Crippen LogP contribution is 2.22. The lowest BCUT2D eigenvalue weighted by Crippen LogP contribution is -2.67. The summed E-state index contributed by atoms with van der Waals surface area (Å²) in [5.41, 5.74) is 5.95. The second kappa shape index (κ2) is 4.27. The fourth-order valence-corrected chi connectivity index (χ4v) is 2.89. The SMILES string of the molecule is CCC1(N)CN(CCS(=O)(=O)C(C)(C)C)C1. The summed E-state index contributed by atoms with van der Waals surface area (Å²) in [6, 6.07) is 0. The van der Waals surface area contributed by atoms with Crippen molar-refractivity contribution in [2.45, 2.75) is 44.4 Å². The molecule has 0 amide bonds. The molecule has 5 heteroatoms. The molecule has 0 spiro atoms. The minimum Gasteiger partial charge on any atom is -0.323 e. The van der Waals surface area contributed by atoms with Crippen molar-refractivity contribution in [2.75, 3.05) is 25.4 Å². The molecule has 0 aromatic heterocycles. The fraction of sp³-hybridized carbons (Fsp3) is 1.00. The number of nitrogens with zero attached hydrogens (tertiary/aromatic N) is 1. The van der Waals surface area contributed by atoms with E-state index in [1.54, 1.807) is 20.8 Å². The first kappa shape index (κ1) is 13.9. The Morgan fingerprint density at radius 2 is 1.81 bits per heavy atom. The van der Waals surface area contributed by atoms with Gasteiger partial charge in [-0.3, -0.25) is 4.90 Å². The fourth-order valence-electron chi connectivity index (χ4n) is 1.78. The average molecular weight is 248 g/mol. The van der Waals surface area contributed by atoms with E-state index in [4.69, 9.17) is 5.73 Å². The van der Waals surface area contributed by atoms with Crippen LogP contribution in [0.15, 0.2) is 0 Å². The van der Waals surface area contributed by atoms with Gasteiger partial charge in [-0.05, 0) is 27.2 Å². The Balaban J connectivity index is 2.39. The molecule has 1 heterocycles. The smallest absolute Gasteiger partial charge is 0.156 e. The quantitative estimate of drug-likeness (QED) is 0.792. The molecular weight excluding hydrogens is 224 g/mol. The molecule has 0 radical (unpaired) electrons. The predicted octanol–water partition coefficient (Wildman–Crippen LogP) is 0.623. The summed E-state index contributed by atoms with van der Waals surface area (Å²) in [5, 5.41) is 0. The standard InChI is InChI=1S/C11H24N2O2S/c1-5-11(12)8-13(9-11)6-7-16(14,15)10(2,3)4/h5-9,12H2,1-4H3. The highest BCUT2D eigenvalue weighted by atomic mass is 32.2. The largest absolute Gasteiger partial charge is 0.323 e. The van der Waals surface area contributed by atoms with Gasteiger partial charge in [0.15, 0.2) is 9.84 Å². The zero-order valence-corrected chi connectivity index (χ0v) is 11.6. The normalized spacial score (nSPS) is 21.8. The van der Waals surface area contributed by atoms with E-state index in [1.807, 2.05) is 0 Å². The molecule has 1 aliphatic rings. The Kier molecular flexibility index (Phi) is 3.72. The lowest BCUT2D eigenvalue weighted by atomic mass is 9.88. The Bertz CT molecular complexity index is 337. The molecule has 1 fully saturated rings. The van der Waals surface area contributed by atoms with Crippen molar-refractivity contribution in [3.05, 3.63) is 0 Å².